The quantitative estimate of drug-likeness (QED) is 0.374. The number of aliphatic hydroxyl groups is 4. The molecule has 15 heavy (non-hydrogen) atoms. The molecule has 0 spiro atoms. The van der Waals surface area contributed by atoms with Crippen molar-refractivity contribution in [3.8, 4) is 0 Å². The molecule has 0 aromatic rings. The average Bonchev–Trinajstić information content (AvgIpc) is 2.19. The van der Waals surface area contributed by atoms with Gasteiger partial charge in [-0.15, -0.1) is 0 Å². The molecule has 0 fully saturated rings. The van der Waals surface area contributed by atoms with Gasteiger partial charge in [-0.1, -0.05) is 0 Å². The second-order valence-electron chi connectivity index (χ2n) is 3.19. The molecule has 0 rings (SSSR count). The van der Waals surface area contributed by atoms with E-state index in [-0.39, 0.29) is 0 Å². The van der Waals surface area contributed by atoms with Gasteiger partial charge in [0.1, 0.15) is 0 Å². The first-order chi connectivity index (χ1) is 6.81. The highest BCUT2D eigenvalue weighted by atomic mass is 19.4. The van der Waals surface area contributed by atoms with Gasteiger partial charge in [0.15, 0.2) is 6.10 Å². The van der Waals surface area contributed by atoms with Crippen LogP contribution in [0.2, 0.25) is 0 Å². The van der Waals surface area contributed by atoms with Crippen molar-refractivity contribution in [1.82, 2.24) is 5.32 Å². The van der Waals surface area contributed by atoms with E-state index in [4.69, 9.17) is 20.4 Å². The van der Waals surface area contributed by atoms with Crippen molar-refractivity contribution in [2.24, 2.45) is 0 Å². The van der Waals surface area contributed by atoms with E-state index in [0.717, 1.165) is 0 Å². The van der Waals surface area contributed by atoms with Crippen molar-refractivity contribution in [3.05, 3.63) is 0 Å². The Kier molecular flexibility index (Phi) is 5.46. The van der Waals surface area contributed by atoms with E-state index >= 15 is 0 Å². The van der Waals surface area contributed by atoms with Gasteiger partial charge in [-0.05, 0) is 0 Å². The summed E-state index contributed by atoms with van der Waals surface area (Å²) < 4.78 is 35.6. The maximum absolute atomic E-state index is 11.9. The van der Waals surface area contributed by atoms with Gasteiger partial charge >= 0.3 is 6.18 Å². The molecule has 0 heterocycles. The summed E-state index contributed by atoms with van der Waals surface area (Å²) in [5, 5.41) is 36.9. The van der Waals surface area contributed by atoms with Gasteiger partial charge in [0, 0.05) is 6.54 Å². The molecule has 92 valence electrons. The third-order valence-corrected chi connectivity index (χ3v) is 1.96. The number of hydrogen-bond acceptors (Lipinski definition) is 5. The summed E-state index contributed by atoms with van der Waals surface area (Å²) >= 11 is 0. The zero-order chi connectivity index (χ0) is 12.1. The lowest BCUT2D eigenvalue weighted by Crippen LogP contribution is -2.57. The first-order valence-corrected chi connectivity index (χ1v) is 4.13. The van der Waals surface area contributed by atoms with E-state index in [0.29, 0.717) is 0 Å². The molecule has 8 heteroatoms. The number of alkyl halides is 3. The minimum absolute atomic E-state index is 0.745. The fourth-order valence-corrected chi connectivity index (χ4v) is 0.747. The van der Waals surface area contributed by atoms with E-state index in [1.54, 1.807) is 0 Å². The van der Waals surface area contributed by atoms with Crippen molar-refractivity contribution in [1.29, 1.82) is 0 Å². The van der Waals surface area contributed by atoms with Crippen LogP contribution in [0.1, 0.15) is 0 Å². The molecule has 0 aliphatic heterocycles. The van der Waals surface area contributed by atoms with Crippen LogP contribution in [0.3, 0.4) is 0 Å². The predicted octanol–water partition coefficient (Wildman–Crippen LogP) is -1.79. The minimum Gasteiger partial charge on any atom is -0.394 e. The van der Waals surface area contributed by atoms with Gasteiger partial charge in [0.2, 0.25) is 0 Å². The smallest absolute Gasteiger partial charge is 0.394 e. The molecule has 1 unspecified atom stereocenters. The van der Waals surface area contributed by atoms with Crippen molar-refractivity contribution in [2.75, 3.05) is 26.4 Å². The topological polar surface area (TPSA) is 93.0 Å². The van der Waals surface area contributed by atoms with Crippen molar-refractivity contribution >= 4 is 0 Å². The lowest BCUT2D eigenvalue weighted by molar-refractivity contribution is -0.203. The Morgan fingerprint density at radius 1 is 1.00 bits per heavy atom. The summed E-state index contributed by atoms with van der Waals surface area (Å²) in [6.07, 6.45) is -7.39. The molecular weight excluding hydrogens is 219 g/mol. The molecule has 0 aliphatic rings. The van der Waals surface area contributed by atoms with Crippen LogP contribution in [0.4, 0.5) is 13.2 Å². The van der Waals surface area contributed by atoms with Gasteiger partial charge < -0.3 is 25.7 Å². The van der Waals surface area contributed by atoms with Gasteiger partial charge in [-0.25, -0.2) is 0 Å². The Morgan fingerprint density at radius 3 is 1.67 bits per heavy atom. The zero-order valence-corrected chi connectivity index (χ0v) is 7.83. The molecule has 0 saturated heterocycles. The summed E-state index contributed by atoms with van der Waals surface area (Å²) in [7, 11) is 0. The number of β-amino-alcohol motifs (C(OH)–C–C–N with tert-alkyl or cyclic N) is 1. The number of hydrogen-bond donors (Lipinski definition) is 5. The number of nitrogens with one attached hydrogen (secondary N) is 1. The lowest BCUT2D eigenvalue weighted by Gasteiger charge is -2.30. The monoisotopic (exact) mass is 233 g/mol. The summed E-state index contributed by atoms with van der Waals surface area (Å²) in [6.45, 7) is -3.15. The van der Waals surface area contributed by atoms with Crippen LogP contribution in [0, 0.1) is 0 Å². The molecule has 0 amide bonds. The Hall–Kier alpha value is -0.410. The molecule has 0 bridgehead atoms. The van der Waals surface area contributed by atoms with Gasteiger partial charge in [-0.3, -0.25) is 0 Å². The summed E-state index contributed by atoms with van der Waals surface area (Å²) in [4.78, 5) is 0. The molecule has 5 nitrogen and oxygen atoms in total. The van der Waals surface area contributed by atoms with Gasteiger partial charge in [0.05, 0.1) is 25.4 Å². The highest BCUT2D eigenvalue weighted by Gasteiger charge is 2.39. The van der Waals surface area contributed by atoms with E-state index in [2.05, 4.69) is 5.32 Å². The standard InChI is InChI=1S/C7H14F3NO4/c8-7(9,10)5(15)1-11-6(2-12,3-13)4-14/h5,11-15H,1-4H2. The fourth-order valence-electron chi connectivity index (χ4n) is 0.747. The minimum atomic E-state index is -4.78. The van der Waals surface area contributed by atoms with Crippen molar-refractivity contribution in [3.63, 3.8) is 0 Å². The van der Waals surface area contributed by atoms with E-state index < -0.39 is 44.2 Å². The van der Waals surface area contributed by atoms with Gasteiger partial charge in [-0.2, -0.15) is 13.2 Å². The molecule has 0 aromatic carbocycles. The third kappa shape index (κ3) is 4.31. The number of halogens is 3. The fraction of sp³-hybridized carbons (Fsp3) is 1.00. The zero-order valence-electron chi connectivity index (χ0n) is 7.83. The molecular formula is C7H14F3NO4. The molecule has 5 N–H and O–H groups in total. The van der Waals surface area contributed by atoms with Crippen molar-refractivity contribution in [2.45, 2.75) is 17.8 Å². The maximum Gasteiger partial charge on any atom is 0.415 e. The Morgan fingerprint density at radius 2 is 1.40 bits per heavy atom. The second kappa shape index (κ2) is 5.61. The van der Waals surface area contributed by atoms with Crippen LogP contribution in [-0.2, 0) is 0 Å². The summed E-state index contributed by atoms with van der Waals surface area (Å²) in [6, 6.07) is 0. The molecule has 0 saturated carbocycles. The summed E-state index contributed by atoms with van der Waals surface area (Å²) in [5.41, 5.74) is -1.62. The maximum atomic E-state index is 11.9. The second-order valence-corrected chi connectivity index (χ2v) is 3.19. The number of rotatable bonds is 6. The third-order valence-electron chi connectivity index (χ3n) is 1.96. The Labute approximate surface area is 84.2 Å². The van der Waals surface area contributed by atoms with E-state index in [9.17, 15) is 13.2 Å². The average molecular weight is 233 g/mol. The Bertz CT molecular complexity index is 175. The molecule has 1 atom stereocenters. The Balaban J connectivity index is 4.23. The number of aliphatic hydroxyl groups excluding tert-OH is 4. The first kappa shape index (κ1) is 14.6. The largest absolute Gasteiger partial charge is 0.415 e. The molecule has 0 aliphatic carbocycles. The highest BCUT2D eigenvalue weighted by molar-refractivity contribution is 4.87. The van der Waals surface area contributed by atoms with Crippen LogP contribution in [0.25, 0.3) is 0 Å². The SMILES string of the molecule is OCC(CO)(CO)NCC(O)C(F)(F)F. The summed E-state index contributed by atoms with van der Waals surface area (Å²) in [5.74, 6) is 0. The van der Waals surface area contributed by atoms with E-state index in [1.165, 1.54) is 0 Å². The molecule has 0 radical (unpaired) electrons. The van der Waals surface area contributed by atoms with Gasteiger partial charge in [0.25, 0.3) is 0 Å². The first-order valence-electron chi connectivity index (χ1n) is 4.13. The van der Waals surface area contributed by atoms with Crippen LogP contribution in [0.15, 0.2) is 0 Å². The normalized spacial score (nSPS) is 15.4. The molecule has 0 aromatic heterocycles. The van der Waals surface area contributed by atoms with Crippen LogP contribution in [-0.4, -0.2) is 64.6 Å². The predicted molar refractivity (Wildman–Crippen MR) is 44.1 cm³/mol. The van der Waals surface area contributed by atoms with Crippen LogP contribution < -0.4 is 5.32 Å². The van der Waals surface area contributed by atoms with E-state index in [1.807, 2.05) is 0 Å². The van der Waals surface area contributed by atoms with Crippen LogP contribution >= 0.6 is 0 Å². The van der Waals surface area contributed by atoms with Crippen molar-refractivity contribution < 1.29 is 33.6 Å². The van der Waals surface area contributed by atoms with Crippen LogP contribution in [0.5, 0.6) is 0 Å². The highest BCUT2D eigenvalue weighted by Crippen LogP contribution is 2.19. The lowest BCUT2D eigenvalue weighted by atomic mass is 10.0.